The van der Waals surface area contributed by atoms with Gasteiger partial charge < -0.3 is 5.11 Å². The van der Waals surface area contributed by atoms with E-state index in [2.05, 4.69) is 0 Å². The fourth-order valence-corrected chi connectivity index (χ4v) is 1.05. The molecule has 0 amide bonds. The van der Waals surface area contributed by atoms with Gasteiger partial charge in [0.25, 0.3) is 5.69 Å². The summed E-state index contributed by atoms with van der Waals surface area (Å²) < 4.78 is 0. The lowest BCUT2D eigenvalue weighted by Crippen LogP contribution is -1.88. The van der Waals surface area contributed by atoms with Crippen molar-refractivity contribution in [3.63, 3.8) is 0 Å². The monoisotopic (exact) mass is 207 g/mol. The minimum atomic E-state index is -0.562. The Bertz CT molecular complexity index is 437. The van der Waals surface area contributed by atoms with E-state index in [0.717, 1.165) is 0 Å². The van der Waals surface area contributed by atoms with E-state index in [1.807, 2.05) is 0 Å². The van der Waals surface area contributed by atoms with Gasteiger partial charge in [-0.2, -0.15) is 0 Å². The summed E-state index contributed by atoms with van der Waals surface area (Å²) in [7, 11) is 0. The molecule has 1 aromatic rings. The van der Waals surface area contributed by atoms with Crippen LogP contribution < -0.4 is 0 Å². The highest BCUT2D eigenvalue weighted by atomic mass is 16.6. The van der Waals surface area contributed by atoms with Crippen LogP contribution in [0, 0.1) is 10.1 Å². The number of rotatable bonds is 3. The van der Waals surface area contributed by atoms with Gasteiger partial charge >= 0.3 is 0 Å². The molecule has 5 nitrogen and oxygen atoms in total. The Kier molecular flexibility index (Phi) is 3.17. The molecule has 78 valence electrons. The van der Waals surface area contributed by atoms with Crippen LogP contribution in [-0.4, -0.2) is 16.3 Å². The lowest BCUT2D eigenvalue weighted by Gasteiger charge is -1.99. The van der Waals surface area contributed by atoms with E-state index in [-0.39, 0.29) is 17.0 Å². The van der Waals surface area contributed by atoms with Crippen molar-refractivity contribution in [1.29, 1.82) is 0 Å². The Hall–Kier alpha value is -2.17. The minimum absolute atomic E-state index is 0.0956. The van der Waals surface area contributed by atoms with Crippen molar-refractivity contribution in [1.82, 2.24) is 0 Å². The van der Waals surface area contributed by atoms with Crippen molar-refractivity contribution >= 4 is 18.0 Å². The number of hydrogen-bond acceptors (Lipinski definition) is 4. The molecule has 1 rings (SSSR count). The summed E-state index contributed by atoms with van der Waals surface area (Å²) in [6.45, 7) is 1.55. The van der Waals surface area contributed by atoms with E-state index < -0.39 is 4.92 Å². The van der Waals surface area contributed by atoms with Crippen LogP contribution in [0.1, 0.15) is 12.5 Å². The molecule has 0 aliphatic heterocycles. The maximum absolute atomic E-state index is 10.5. The van der Waals surface area contributed by atoms with Crippen molar-refractivity contribution in [3.05, 3.63) is 39.4 Å². The average molecular weight is 207 g/mol. The largest absolute Gasteiger partial charge is 0.507 e. The van der Waals surface area contributed by atoms with E-state index in [0.29, 0.717) is 11.9 Å². The summed E-state index contributed by atoms with van der Waals surface area (Å²) in [6.07, 6.45) is 1.99. The molecule has 0 atom stereocenters. The number of non-ortho nitro benzene ring substituents is 1. The zero-order valence-electron chi connectivity index (χ0n) is 8.01. The second-order valence-electron chi connectivity index (χ2n) is 3.01. The molecule has 1 N–H and O–H groups in total. The third-order valence-electron chi connectivity index (χ3n) is 1.79. The molecule has 0 heterocycles. The Morgan fingerprint density at radius 1 is 1.53 bits per heavy atom. The first-order valence-electron chi connectivity index (χ1n) is 4.15. The molecule has 0 aliphatic rings. The quantitative estimate of drug-likeness (QED) is 0.355. The van der Waals surface area contributed by atoms with Crippen LogP contribution in [-0.2, 0) is 4.79 Å². The first kappa shape index (κ1) is 10.9. The molecule has 0 fully saturated rings. The Morgan fingerprint density at radius 2 is 2.20 bits per heavy atom. The second kappa shape index (κ2) is 4.36. The van der Waals surface area contributed by atoms with Gasteiger partial charge in [0.05, 0.1) is 4.92 Å². The normalized spacial score (nSPS) is 11.1. The number of phenols is 1. The van der Waals surface area contributed by atoms with Crippen molar-refractivity contribution in [2.45, 2.75) is 6.92 Å². The van der Waals surface area contributed by atoms with Gasteiger partial charge in [0.15, 0.2) is 0 Å². The number of carbonyl (C=O) groups excluding carboxylic acids is 1. The van der Waals surface area contributed by atoms with Gasteiger partial charge in [0.2, 0.25) is 0 Å². The third kappa shape index (κ3) is 2.63. The topological polar surface area (TPSA) is 80.4 Å². The summed E-state index contributed by atoms with van der Waals surface area (Å²) in [6, 6.07) is 3.63. The summed E-state index contributed by atoms with van der Waals surface area (Å²) in [5.41, 5.74) is 0.511. The van der Waals surface area contributed by atoms with E-state index in [1.54, 1.807) is 6.92 Å². The van der Waals surface area contributed by atoms with Gasteiger partial charge in [0, 0.05) is 17.7 Å². The molecule has 0 aromatic heterocycles. The zero-order valence-corrected chi connectivity index (χ0v) is 8.01. The van der Waals surface area contributed by atoms with Crippen LogP contribution >= 0.6 is 0 Å². The van der Waals surface area contributed by atoms with Gasteiger partial charge in [-0.25, -0.2) is 0 Å². The Labute approximate surface area is 85.8 Å². The van der Waals surface area contributed by atoms with Gasteiger partial charge in [-0.05, 0) is 24.6 Å². The predicted molar refractivity (Wildman–Crippen MR) is 54.5 cm³/mol. The summed E-state index contributed by atoms with van der Waals surface area (Å²) in [5.74, 6) is -0.0956. The lowest BCUT2D eigenvalue weighted by atomic mass is 10.1. The highest BCUT2D eigenvalue weighted by Crippen LogP contribution is 2.24. The van der Waals surface area contributed by atoms with Crippen LogP contribution in [0.4, 0.5) is 5.69 Å². The molecule has 0 unspecified atom stereocenters. The summed E-state index contributed by atoms with van der Waals surface area (Å²) in [4.78, 5) is 20.2. The van der Waals surface area contributed by atoms with E-state index in [9.17, 15) is 20.0 Å². The second-order valence-corrected chi connectivity index (χ2v) is 3.01. The number of nitro groups is 1. The van der Waals surface area contributed by atoms with Crippen molar-refractivity contribution in [2.24, 2.45) is 0 Å². The van der Waals surface area contributed by atoms with Crippen LogP contribution in [0.5, 0.6) is 5.75 Å². The Morgan fingerprint density at radius 3 is 2.73 bits per heavy atom. The number of nitrogens with zero attached hydrogens (tertiary/aromatic N) is 1. The number of carbonyl (C=O) groups is 1. The van der Waals surface area contributed by atoms with Gasteiger partial charge in [0.1, 0.15) is 12.0 Å². The van der Waals surface area contributed by atoms with Crippen molar-refractivity contribution < 1.29 is 14.8 Å². The predicted octanol–water partition coefficient (Wildman–Crippen LogP) is 1.90. The molecule has 0 bridgehead atoms. The maximum atomic E-state index is 10.5. The number of allylic oxidation sites excluding steroid dienone is 1. The molecular weight excluding hydrogens is 198 g/mol. The van der Waals surface area contributed by atoms with Gasteiger partial charge in [-0.1, -0.05) is 0 Å². The SMILES string of the molecule is C/C(C=O)=C/c1cc([N+](=O)[O-])ccc1O. The molecule has 0 radical (unpaired) electrons. The van der Waals surface area contributed by atoms with Crippen molar-refractivity contribution in [2.75, 3.05) is 0 Å². The first-order valence-corrected chi connectivity index (χ1v) is 4.15. The smallest absolute Gasteiger partial charge is 0.270 e. The van der Waals surface area contributed by atoms with E-state index in [1.165, 1.54) is 24.3 Å². The molecular formula is C10H9NO4. The fourth-order valence-electron chi connectivity index (χ4n) is 1.05. The van der Waals surface area contributed by atoms with Crippen LogP contribution in [0.25, 0.3) is 6.08 Å². The number of benzene rings is 1. The standard InChI is InChI=1S/C10H9NO4/c1-7(6-12)4-8-5-9(11(14)15)2-3-10(8)13/h2-6,13H,1H3/b7-4-. The van der Waals surface area contributed by atoms with Gasteiger partial charge in [-0.15, -0.1) is 0 Å². The zero-order chi connectivity index (χ0) is 11.4. The number of aldehydes is 1. The minimum Gasteiger partial charge on any atom is -0.507 e. The summed E-state index contributed by atoms with van der Waals surface area (Å²) >= 11 is 0. The van der Waals surface area contributed by atoms with Crippen LogP contribution in [0.3, 0.4) is 0 Å². The van der Waals surface area contributed by atoms with Crippen LogP contribution in [0.2, 0.25) is 0 Å². The van der Waals surface area contributed by atoms with E-state index in [4.69, 9.17) is 0 Å². The molecule has 1 aromatic carbocycles. The average Bonchev–Trinajstić information content (AvgIpc) is 2.20. The van der Waals surface area contributed by atoms with E-state index >= 15 is 0 Å². The lowest BCUT2D eigenvalue weighted by molar-refractivity contribution is -0.384. The Balaban J connectivity index is 3.22. The van der Waals surface area contributed by atoms with Gasteiger partial charge in [-0.3, -0.25) is 14.9 Å². The molecule has 0 aliphatic carbocycles. The maximum Gasteiger partial charge on any atom is 0.270 e. The number of phenolic OH excluding ortho intramolecular Hbond substituents is 1. The van der Waals surface area contributed by atoms with Crippen molar-refractivity contribution in [3.8, 4) is 5.75 Å². The molecule has 0 saturated heterocycles. The highest BCUT2D eigenvalue weighted by Gasteiger charge is 2.08. The molecule has 15 heavy (non-hydrogen) atoms. The molecule has 5 heteroatoms. The number of nitro benzene ring substituents is 1. The third-order valence-corrected chi connectivity index (χ3v) is 1.79. The molecule has 0 spiro atoms. The summed E-state index contributed by atoms with van der Waals surface area (Å²) in [5, 5.41) is 19.8. The number of aromatic hydroxyl groups is 1. The van der Waals surface area contributed by atoms with Crippen LogP contribution in [0.15, 0.2) is 23.8 Å². The molecule has 0 saturated carbocycles. The first-order chi connectivity index (χ1) is 7.04. The number of hydrogen-bond donors (Lipinski definition) is 1. The highest BCUT2D eigenvalue weighted by molar-refractivity contribution is 5.82. The fraction of sp³-hybridized carbons (Fsp3) is 0.100.